The highest BCUT2D eigenvalue weighted by Gasteiger charge is 2.16. The summed E-state index contributed by atoms with van der Waals surface area (Å²) in [5.74, 6) is -0.233. The van der Waals surface area contributed by atoms with Crippen molar-refractivity contribution in [2.45, 2.75) is 26.8 Å². The molecule has 0 saturated carbocycles. The number of carbonyl (C=O) groups is 2. The molecular weight excluding hydrogens is 130 g/mol. The number of rotatable bonds is 4. The first-order valence-electron chi connectivity index (χ1n) is 3.33. The van der Waals surface area contributed by atoms with Gasteiger partial charge in [0.05, 0.1) is 0 Å². The Labute approximate surface area is 60.8 Å². The van der Waals surface area contributed by atoms with Crippen LogP contribution in [-0.2, 0) is 9.59 Å². The van der Waals surface area contributed by atoms with Crippen molar-refractivity contribution in [3.05, 3.63) is 0 Å². The lowest BCUT2D eigenvalue weighted by Crippen LogP contribution is -2.40. The van der Waals surface area contributed by atoms with E-state index in [2.05, 4.69) is 5.32 Å². The Morgan fingerprint density at radius 1 is 1.30 bits per heavy atom. The summed E-state index contributed by atoms with van der Waals surface area (Å²) in [6.07, 6.45) is 0. The molecule has 0 rings (SSSR count). The molecular formula is C7H13NO2. The second kappa shape index (κ2) is 4.17. The monoisotopic (exact) mass is 143 g/mol. The van der Waals surface area contributed by atoms with Gasteiger partial charge in [-0.05, 0) is 20.4 Å². The van der Waals surface area contributed by atoms with Gasteiger partial charge in [-0.15, -0.1) is 0 Å². The molecule has 10 heavy (non-hydrogen) atoms. The fourth-order valence-electron chi connectivity index (χ4n) is 0.778. The molecule has 0 heterocycles. The summed E-state index contributed by atoms with van der Waals surface area (Å²) >= 11 is 0. The van der Waals surface area contributed by atoms with Crippen molar-refractivity contribution in [3.63, 3.8) is 0 Å². The fraction of sp³-hybridized carbons (Fsp3) is 0.714. The number of carbonyl (C=O) groups excluding carboxylic acids is 2. The summed E-state index contributed by atoms with van der Waals surface area (Å²) in [7, 11) is 0. The van der Waals surface area contributed by atoms with Gasteiger partial charge in [0.2, 0.25) is 0 Å². The number of likely N-dealkylation sites (N-methyl/N-ethyl adjacent to an activating group) is 1. The van der Waals surface area contributed by atoms with E-state index in [4.69, 9.17) is 0 Å². The second-order valence-electron chi connectivity index (χ2n) is 2.21. The molecule has 0 bridgehead atoms. The standard InChI is InChI=1S/C7H13NO2/c1-4-8-7(5(2)9)6(3)10/h7-8H,4H2,1-3H3. The van der Waals surface area contributed by atoms with E-state index in [9.17, 15) is 9.59 Å². The summed E-state index contributed by atoms with van der Waals surface area (Å²) in [6.45, 7) is 5.33. The van der Waals surface area contributed by atoms with Gasteiger partial charge in [0, 0.05) is 0 Å². The summed E-state index contributed by atoms with van der Waals surface area (Å²) < 4.78 is 0. The molecule has 1 N–H and O–H groups in total. The van der Waals surface area contributed by atoms with Crippen LogP contribution in [0.4, 0.5) is 0 Å². The highest BCUT2D eigenvalue weighted by Crippen LogP contribution is 1.86. The van der Waals surface area contributed by atoms with Crippen molar-refractivity contribution >= 4 is 11.6 Å². The molecule has 0 amide bonds. The van der Waals surface area contributed by atoms with Crippen LogP contribution in [0.1, 0.15) is 20.8 Å². The second-order valence-corrected chi connectivity index (χ2v) is 2.21. The first-order valence-corrected chi connectivity index (χ1v) is 3.33. The van der Waals surface area contributed by atoms with Crippen molar-refractivity contribution in [1.29, 1.82) is 0 Å². The number of Topliss-reactive ketones (excluding diaryl/α,β-unsaturated/α-hetero) is 2. The highest BCUT2D eigenvalue weighted by atomic mass is 16.2. The first kappa shape index (κ1) is 9.30. The van der Waals surface area contributed by atoms with E-state index in [1.807, 2.05) is 6.92 Å². The van der Waals surface area contributed by atoms with Gasteiger partial charge in [-0.3, -0.25) is 9.59 Å². The van der Waals surface area contributed by atoms with Crippen molar-refractivity contribution in [3.8, 4) is 0 Å². The first-order chi connectivity index (χ1) is 4.59. The van der Waals surface area contributed by atoms with Gasteiger partial charge in [0.1, 0.15) is 6.04 Å². The Hall–Kier alpha value is -0.700. The van der Waals surface area contributed by atoms with E-state index in [1.165, 1.54) is 13.8 Å². The molecule has 0 radical (unpaired) electrons. The smallest absolute Gasteiger partial charge is 0.154 e. The number of hydrogen-bond donors (Lipinski definition) is 1. The molecule has 0 aliphatic rings. The van der Waals surface area contributed by atoms with Crippen molar-refractivity contribution < 1.29 is 9.59 Å². The SMILES string of the molecule is CCNC(C(C)=O)C(C)=O. The average molecular weight is 143 g/mol. The third-order valence-corrected chi connectivity index (χ3v) is 1.22. The average Bonchev–Trinajstić information content (AvgIpc) is 1.81. The fourth-order valence-corrected chi connectivity index (χ4v) is 0.778. The minimum Gasteiger partial charge on any atom is -0.302 e. The van der Waals surface area contributed by atoms with Gasteiger partial charge < -0.3 is 5.32 Å². The third kappa shape index (κ3) is 2.73. The van der Waals surface area contributed by atoms with Gasteiger partial charge in [0.15, 0.2) is 11.6 Å². The van der Waals surface area contributed by atoms with Gasteiger partial charge in [-0.25, -0.2) is 0 Å². The summed E-state index contributed by atoms with van der Waals surface area (Å²) in [6, 6.07) is -0.593. The molecule has 58 valence electrons. The maximum absolute atomic E-state index is 10.7. The predicted molar refractivity (Wildman–Crippen MR) is 38.8 cm³/mol. The largest absolute Gasteiger partial charge is 0.302 e. The zero-order chi connectivity index (χ0) is 8.15. The molecule has 3 heteroatoms. The Kier molecular flexibility index (Phi) is 3.88. The van der Waals surface area contributed by atoms with Crippen molar-refractivity contribution in [1.82, 2.24) is 5.32 Å². The van der Waals surface area contributed by atoms with E-state index >= 15 is 0 Å². The van der Waals surface area contributed by atoms with Gasteiger partial charge >= 0.3 is 0 Å². The van der Waals surface area contributed by atoms with E-state index in [1.54, 1.807) is 0 Å². The molecule has 0 saturated heterocycles. The van der Waals surface area contributed by atoms with Crippen LogP contribution in [0.3, 0.4) is 0 Å². The lowest BCUT2D eigenvalue weighted by atomic mass is 10.1. The van der Waals surface area contributed by atoms with Gasteiger partial charge in [-0.1, -0.05) is 6.92 Å². The van der Waals surface area contributed by atoms with Crippen molar-refractivity contribution in [2.75, 3.05) is 6.54 Å². The minimum absolute atomic E-state index is 0.116. The molecule has 0 atom stereocenters. The predicted octanol–water partition coefficient (Wildman–Crippen LogP) is 0.143. The van der Waals surface area contributed by atoms with Crippen LogP contribution in [-0.4, -0.2) is 24.2 Å². The molecule has 0 fully saturated rings. The minimum atomic E-state index is -0.593. The van der Waals surface area contributed by atoms with Crippen LogP contribution in [0.15, 0.2) is 0 Å². The van der Waals surface area contributed by atoms with E-state index in [0.29, 0.717) is 6.54 Å². The topological polar surface area (TPSA) is 46.2 Å². The molecule has 0 aliphatic heterocycles. The molecule has 0 unspecified atom stereocenters. The highest BCUT2D eigenvalue weighted by molar-refractivity contribution is 6.04. The van der Waals surface area contributed by atoms with Crippen LogP contribution < -0.4 is 5.32 Å². The zero-order valence-corrected chi connectivity index (χ0v) is 6.60. The normalized spacial score (nSPS) is 10.0. The molecule has 0 aromatic carbocycles. The van der Waals surface area contributed by atoms with E-state index < -0.39 is 6.04 Å². The Bertz CT molecular complexity index is 129. The molecule has 0 aliphatic carbocycles. The lowest BCUT2D eigenvalue weighted by Gasteiger charge is -2.09. The number of hydrogen-bond acceptors (Lipinski definition) is 3. The quantitative estimate of drug-likeness (QED) is 0.569. The van der Waals surface area contributed by atoms with Crippen LogP contribution in [0.5, 0.6) is 0 Å². The molecule has 0 spiro atoms. The van der Waals surface area contributed by atoms with Gasteiger partial charge in [-0.2, -0.15) is 0 Å². The van der Waals surface area contributed by atoms with E-state index in [0.717, 1.165) is 0 Å². The molecule has 0 aromatic rings. The summed E-state index contributed by atoms with van der Waals surface area (Å²) in [4.78, 5) is 21.4. The van der Waals surface area contributed by atoms with E-state index in [-0.39, 0.29) is 11.6 Å². The maximum atomic E-state index is 10.7. The molecule has 3 nitrogen and oxygen atoms in total. The Morgan fingerprint density at radius 3 is 1.80 bits per heavy atom. The Balaban J connectivity index is 3.98. The summed E-state index contributed by atoms with van der Waals surface area (Å²) in [5.41, 5.74) is 0. The van der Waals surface area contributed by atoms with Crippen LogP contribution in [0.25, 0.3) is 0 Å². The number of nitrogens with one attached hydrogen (secondary N) is 1. The van der Waals surface area contributed by atoms with Crippen LogP contribution >= 0.6 is 0 Å². The van der Waals surface area contributed by atoms with Crippen LogP contribution in [0, 0.1) is 0 Å². The Morgan fingerprint density at radius 2 is 1.70 bits per heavy atom. The number of ketones is 2. The maximum Gasteiger partial charge on any atom is 0.154 e. The molecule has 0 aromatic heterocycles. The van der Waals surface area contributed by atoms with Crippen LogP contribution in [0.2, 0.25) is 0 Å². The third-order valence-electron chi connectivity index (χ3n) is 1.22. The zero-order valence-electron chi connectivity index (χ0n) is 6.60. The lowest BCUT2D eigenvalue weighted by molar-refractivity contribution is -0.127. The van der Waals surface area contributed by atoms with Crippen molar-refractivity contribution in [2.24, 2.45) is 0 Å². The summed E-state index contributed by atoms with van der Waals surface area (Å²) in [5, 5.41) is 2.78. The van der Waals surface area contributed by atoms with Gasteiger partial charge in [0.25, 0.3) is 0 Å².